The van der Waals surface area contributed by atoms with E-state index < -0.39 is 28.6 Å². The Hall–Kier alpha value is -2.99. The molecule has 0 aliphatic carbocycles. The molecule has 0 aliphatic rings. The van der Waals surface area contributed by atoms with Gasteiger partial charge in [-0.25, -0.2) is 4.79 Å². The second kappa shape index (κ2) is 8.79. The number of carbonyl (C=O) groups is 1. The van der Waals surface area contributed by atoms with Crippen molar-refractivity contribution in [1.29, 1.82) is 0 Å². The van der Waals surface area contributed by atoms with Crippen molar-refractivity contribution in [1.82, 2.24) is 0 Å². The number of ether oxygens (including phenoxy) is 1. The maximum absolute atomic E-state index is 12.7. The molecule has 3 aromatic carbocycles. The Morgan fingerprint density at radius 3 is 1.67 bits per heavy atom. The van der Waals surface area contributed by atoms with Gasteiger partial charge in [0, 0.05) is 12.1 Å². The monoisotopic (exact) mass is 429 g/mol. The molecule has 0 unspecified atom stereocenters. The van der Waals surface area contributed by atoms with Gasteiger partial charge in [-0.15, -0.1) is 0 Å². The molecule has 6 heteroatoms. The van der Waals surface area contributed by atoms with Crippen LogP contribution in [0.4, 0.5) is 13.2 Å². The van der Waals surface area contributed by atoms with Gasteiger partial charge in [-0.3, -0.25) is 0 Å². The number of benzene rings is 3. The van der Waals surface area contributed by atoms with Gasteiger partial charge in [0.25, 0.3) is 0 Å². The van der Waals surface area contributed by atoms with E-state index >= 15 is 0 Å². The molecule has 3 rings (SSSR count). The topological polar surface area (TPSA) is 26.3 Å². The van der Waals surface area contributed by atoms with Gasteiger partial charge >= 0.3 is 12.1 Å². The average Bonchev–Trinajstić information content (AvgIpc) is 2.71. The minimum atomic E-state index is -4.83. The molecule has 30 heavy (non-hydrogen) atoms. The van der Waals surface area contributed by atoms with Gasteiger partial charge in [0.15, 0.2) is 14.7 Å². The Kier molecular flexibility index (Phi) is 6.37. The summed E-state index contributed by atoms with van der Waals surface area (Å²) in [5.74, 6) is -1.37. The van der Waals surface area contributed by atoms with Gasteiger partial charge in [0.05, 0.1) is 10.9 Å². The van der Waals surface area contributed by atoms with Crippen LogP contribution in [-0.4, -0.2) is 12.1 Å². The summed E-state index contributed by atoms with van der Waals surface area (Å²) in [5.41, 5.74) is -0.367. The smallest absolute Gasteiger partial charge is 0.422 e. The highest BCUT2D eigenvalue weighted by atomic mass is 32.2. The zero-order valence-corrected chi connectivity index (χ0v) is 17.3. The third-order valence-corrected chi connectivity index (χ3v) is 6.60. The van der Waals surface area contributed by atoms with Gasteiger partial charge in [-0.2, -0.15) is 13.2 Å². The van der Waals surface area contributed by atoms with Gasteiger partial charge < -0.3 is 4.74 Å². The molecular formula is C24H20F3O2S+. The summed E-state index contributed by atoms with van der Waals surface area (Å²) < 4.78 is 43.3. The largest absolute Gasteiger partial charge is 0.422 e. The highest BCUT2D eigenvalue weighted by molar-refractivity contribution is 7.97. The van der Waals surface area contributed by atoms with Gasteiger partial charge in [0.1, 0.15) is 11.3 Å². The van der Waals surface area contributed by atoms with Crippen LogP contribution >= 0.6 is 0 Å². The van der Waals surface area contributed by atoms with Crippen molar-refractivity contribution in [3.63, 3.8) is 0 Å². The first-order valence-electron chi connectivity index (χ1n) is 9.12. The highest BCUT2D eigenvalue weighted by Crippen LogP contribution is 2.36. The number of halogens is 3. The standard InChI is InChI=1S/C24H20F3O2S/c1-16-14-21(15-17(2)22(16)29-23(28)18(3)24(25,26)27)30(19-10-6-4-7-11-19)20-12-8-5-9-13-20/h4-15H,3H2,1-2H3/q+1. The minimum absolute atomic E-state index is 0.124. The van der Waals surface area contributed by atoms with Gasteiger partial charge in [-0.05, 0) is 49.2 Å². The Balaban J connectivity index is 2.02. The van der Waals surface area contributed by atoms with E-state index in [1.54, 1.807) is 13.8 Å². The highest BCUT2D eigenvalue weighted by Gasteiger charge is 2.38. The maximum Gasteiger partial charge on any atom is 0.422 e. The molecule has 0 aromatic heterocycles. The summed E-state index contributed by atoms with van der Waals surface area (Å²) >= 11 is 0. The summed E-state index contributed by atoms with van der Waals surface area (Å²) in [4.78, 5) is 15.1. The van der Waals surface area contributed by atoms with E-state index in [1.165, 1.54) is 0 Å². The quantitative estimate of drug-likeness (QED) is 0.202. The molecular weight excluding hydrogens is 409 g/mol. The third-order valence-electron chi connectivity index (χ3n) is 4.41. The molecule has 0 atom stereocenters. The Labute approximate surface area is 176 Å². The van der Waals surface area contributed by atoms with Crippen LogP contribution in [0.2, 0.25) is 0 Å². The van der Waals surface area contributed by atoms with Gasteiger partial charge in [0.2, 0.25) is 0 Å². The van der Waals surface area contributed by atoms with Crippen molar-refractivity contribution in [3.05, 3.63) is 96.1 Å². The molecule has 0 saturated carbocycles. The maximum atomic E-state index is 12.7. The van der Waals surface area contributed by atoms with Crippen LogP contribution < -0.4 is 4.74 Å². The lowest BCUT2D eigenvalue weighted by atomic mass is 10.1. The van der Waals surface area contributed by atoms with E-state index in [4.69, 9.17) is 4.74 Å². The predicted molar refractivity (Wildman–Crippen MR) is 112 cm³/mol. The van der Waals surface area contributed by atoms with E-state index in [2.05, 4.69) is 6.58 Å². The predicted octanol–water partition coefficient (Wildman–Crippen LogP) is 6.42. The molecule has 0 spiro atoms. The normalized spacial score (nSPS) is 11.4. The lowest BCUT2D eigenvalue weighted by molar-refractivity contribution is -0.142. The fourth-order valence-corrected chi connectivity index (χ4v) is 5.25. The van der Waals surface area contributed by atoms with Crippen LogP contribution in [-0.2, 0) is 15.7 Å². The average molecular weight is 429 g/mol. The third kappa shape index (κ3) is 4.76. The molecule has 0 aliphatic heterocycles. The number of alkyl halides is 3. The van der Waals surface area contributed by atoms with Crippen molar-refractivity contribution in [2.75, 3.05) is 0 Å². The van der Waals surface area contributed by atoms with Crippen LogP contribution in [0.3, 0.4) is 0 Å². The van der Waals surface area contributed by atoms with Crippen molar-refractivity contribution in [2.24, 2.45) is 0 Å². The Morgan fingerprint density at radius 2 is 1.27 bits per heavy atom. The van der Waals surface area contributed by atoms with Crippen LogP contribution in [0, 0.1) is 13.8 Å². The molecule has 2 nitrogen and oxygen atoms in total. The molecule has 0 N–H and O–H groups in total. The zero-order chi connectivity index (χ0) is 21.9. The number of hydrogen-bond donors (Lipinski definition) is 0. The van der Waals surface area contributed by atoms with E-state index in [0.29, 0.717) is 11.1 Å². The molecule has 154 valence electrons. The van der Waals surface area contributed by atoms with Crippen LogP contribution in [0.5, 0.6) is 5.75 Å². The van der Waals surface area contributed by atoms with Gasteiger partial charge in [-0.1, -0.05) is 43.0 Å². The Morgan fingerprint density at radius 1 is 0.833 bits per heavy atom. The molecule has 0 bridgehead atoms. The first-order chi connectivity index (χ1) is 14.2. The summed E-state index contributed by atoms with van der Waals surface area (Å²) in [5, 5.41) is 0. The summed E-state index contributed by atoms with van der Waals surface area (Å²) in [6, 6.07) is 23.7. The first kappa shape index (κ1) is 21.7. The van der Waals surface area contributed by atoms with Crippen LogP contribution in [0.25, 0.3) is 0 Å². The van der Waals surface area contributed by atoms with Crippen molar-refractivity contribution in [3.8, 4) is 5.75 Å². The molecule has 0 amide bonds. The van der Waals surface area contributed by atoms with Crippen LogP contribution in [0.1, 0.15) is 11.1 Å². The van der Waals surface area contributed by atoms with E-state index in [-0.39, 0.29) is 5.75 Å². The summed E-state index contributed by atoms with van der Waals surface area (Å²) in [6.45, 7) is 6.24. The zero-order valence-electron chi connectivity index (χ0n) is 16.5. The SMILES string of the molecule is C=C(C(=O)Oc1c(C)cc([S+](c2ccccc2)c2ccccc2)cc1C)C(F)(F)F. The fraction of sp³-hybridized carbons (Fsp3) is 0.125. The van der Waals surface area contributed by atoms with Crippen LogP contribution in [0.15, 0.2) is 99.6 Å². The first-order valence-corrected chi connectivity index (χ1v) is 10.3. The molecule has 0 fully saturated rings. The summed E-state index contributed by atoms with van der Waals surface area (Å²) in [7, 11) is -0.417. The number of aryl methyl sites for hydroxylation is 2. The lowest BCUT2D eigenvalue weighted by Gasteiger charge is -2.15. The molecule has 0 heterocycles. The second-order valence-electron chi connectivity index (χ2n) is 6.68. The number of carbonyl (C=O) groups excluding carboxylic acids is 1. The number of hydrogen-bond acceptors (Lipinski definition) is 2. The minimum Gasteiger partial charge on any atom is -0.422 e. The van der Waals surface area contributed by atoms with Crippen molar-refractivity contribution < 1.29 is 22.7 Å². The van der Waals surface area contributed by atoms with E-state index in [9.17, 15) is 18.0 Å². The van der Waals surface area contributed by atoms with E-state index in [1.807, 2.05) is 72.8 Å². The molecule has 0 radical (unpaired) electrons. The van der Waals surface area contributed by atoms with Crippen molar-refractivity contribution in [2.45, 2.75) is 34.7 Å². The molecule has 0 saturated heterocycles. The summed E-state index contributed by atoms with van der Waals surface area (Å²) in [6.07, 6.45) is -4.83. The lowest BCUT2D eigenvalue weighted by Crippen LogP contribution is -2.23. The number of esters is 1. The van der Waals surface area contributed by atoms with Crippen molar-refractivity contribution >= 4 is 16.9 Å². The Bertz CT molecular complexity index is 998. The number of rotatable bonds is 5. The second-order valence-corrected chi connectivity index (χ2v) is 8.71. The fourth-order valence-electron chi connectivity index (χ4n) is 2.98. The molecule has 3 aromatic rings. The van der Waals surface area contributed by atoms with E-state index in [0.717, 1.165) is 14.7 Å².